The van der Waals surface area contributed by atoms with E-state index in [9.17, 15) is 49.6 Å². The fraction of sp³-hybridized carbons (Fsp3) is 0.276. The van der Waals surface area contributed by atoms with E-state index in [1.54, 1.807) is 0 Å². The van der Waals surface area contributed by atoms with Crippen molar-refractivity contribution >= 4 is 58.9 Å². The highest BCUT2D eigenvalue weighted by molar-refractivity contribution is 8.00. The van der Waals surface area contributed by atoms with E-state index in [1.807, 2.05) is 0 Å². The Labute approximate surface area is 515 Å². The van der Waals surface area contributed by atoms with Crippen LogP contribution in [0.25, 0.3) is 79.8 Å². The molecule has 0 saturated carbocycles. The third-order valence-electron chi connectivity index (χ3n) is 16.3. The van der Waals surface area contributed by atoms with Crippen LogP contribution in [0.15, 0.2) is 21.9 Å². The van der Waals surface area contributed by atoms with E-state index in [0.717, 1.165) is 0 Å². The third-order valence-corrected chi connectivity index (χ3v) is 18.8. The normalized spacial score (nSPS) is 24.8. The summed E-state index contributed by atoms with van der Waals surface area (Å²) in [5.41, 5.74) is -24.3. The molecular weight excluding hydrogens is 1330 g/mol. The molecule has 0 radical (unpaired) electrons. The number of benzene rings is 4. The molecule has 35 heteroatoms. The van der Waals surface area contributed by atoms with Crippen LogP contribution in [0, 0.1) is 105 Å². The Bertz CT molecular complexity index is 4350. The van der Waals surface area contributed by atoms with Crippen molar-refractivity contribution in [1.82, 2.24) is 25.3 Å². The second-order valence-electron chi connectivity index (χ2n) is 21.5. The number of nitrogens with zero attached hydrogens (tertiary/aromatic N) is 2. The Morgan fingerprint density at radius 1 is 0.355 bits per heavy atom. The number of fused-ring (bicyclic) bond motifs is 11. The van der Waals surface area contributed by atoms with Gasteiger partial charge in [-0.3, -0.25) is 0 Å². The largest absolute Gasteiger partial charge is 0.394 e. The highest BCUT2D eigenvalue weighted by atomic mass is 32.2. The molecule has 6 aliphatic heterocycles. The van der Waals surface area contributed by atoms with Gasteiger partial charge in [-0.1, -0.05) is 23.5 Å². The Kier molecular flexibility index (Phi) is 17.3. The maximum Gasteiger partial charge on any atom is 0.200 e. The molecule has 492 valence electrons. The molecule has 0 spiro atoms. The van der Waals surface area contributed by atoms with Crippen LogP contribution >= 0.6 is 23.5 Å². The first-order chi connectivity index (χ1) is 44.1. The SMILES string of the molecule is OC[C@H]1O[C@@H](Sc2c(F)c(F)c(-c3c4nc(c(-c5c(F)c(F)c(F)c(F)c5F)c5ccc([nH]5)c(-c5c(F)c(F)c(S[C@@H]6O[C@H](CO)[C@@H](O)[C@H](O)[C@H]6O)c(F)c5F)c5nc(c(-c6c(F)c(F)c(F)c(F)c6F)c6[nH]c3C3CNCC63)C=C5)C=C4)c(F)c2F)[C@H](O)[C@@H](O)[C@@H]1O. The Morgan fingerprint density at radius 3 is 0.946 bits per heavy atom. The smallest absolute Gasteiger partial charge is 0.200 e. The Balaban J connectivity index is 1.23. The summed E-state index contributed by atoms with van der Waals surface area (Å²) < 4.78 is 305. The van der Waals surface area contributed by atoms with Crippen molar-refractivity contribution in [2.75, 3.05) is 26.3 Å². The molecule has 2 unspecified atom stereocenters. The number of ether oxygens (including phenoxy) is 2. The molecule has 4 aromatic carbocycles. The van der Waals surface area contributed by atoms with Gasteiger partial charge in [0.2, 0.25) is 11.6 Å². The van der Waals surface area contributed by atoms with E-state index in [2.05, 4.69) is 25.3 Å². The van der Waals surface area contributed by atoms with Crippen LogP contribution in [0.4, 0.5) is 79.0 Å². The molecule has 6 aliphatic rings. The zero-order chi connectivity index (χ0) is 67.1. The van der Waals surface area contributed by atoms with E-state index in [0.29, 0.717) is 36.4 Å². The van der Waals surface area contributed by atoms with Gasteiger partial charge in [0.1, 0.15) is 59.7 Å². The fourth-order valence-electron chi connectivity index (χ4n) is 11.8. The number of H-pyrrole nitrogens is 2. The molecule has 11 N–H and O–H groups in total. The first kappa shape index (κ1) is 65.8. The number of hydrogen-bond acceptors (Lipinski definition) is 15. The second kappa shape index (κ2) is 24.5. The van der Waals surface area contributed by atoms with E-state index in [-0.39, 0.29) is 23.5 Å². The summed E-state index contributed by atoms with van der Waals surface area (Å²) in [5.74, 6) is -48.8. The van der Waals surface area contributed by atoms with Gasteiger partial charge in [0.05, 0.1) is 68.0 Å². The number of nitrogens with one attached hydrogen (secondary N) is 3. The molecule has 8 heterocycles. The first-order valence-electron chi connectivity index (χ1n) is 26.9. The monoisotopic (exact) mass is 1370 g/mol. The summed E-state index contributed by atoms with van der Waals surface area (Å²) in [5, 5.41) is 84.9. The third kappa shape index (κ3) is 10.3. The highest BCUT2D eigenvalue weighted by Gasteiger charge is 2.49. The van der Waals surface area contributed by atoms with Crippen LogP contribution in [-0.4, -0.2) is 147 Å². The van der Waals surface area contributed by atoms with Gasteiger partial charge >= 0.3 is 0 Å². The minimum absolute atomic E-state index is 0.322. The van der Waals surface area contributed by atoms with Gasteiger partial charge in [-0.25, -0.2) is 89.0 Å². The molecule has 2 aromatic heterocycles. The number of aliphatic hydroxyl groups excluding tert-OH is 8. The van der Waals surface area contributed by atoms with Crippen LogP contribution in [0.5, 0.6) is 0 Å². The van der Waals surface area contributed by atoms with Crippen molar-refractivity contribution in [3.8, 4) is 44.5 Å². The average Bonchev–Trinajstić information content (AvgIpc) is 1.62. The number of rotatable bonds is 10. The average molecular weight is 1370 g/mol. The zero-order valence-corrected chi connectivity index (χ0v) is 47.3. The molecule has 12 atom stereocenters. The molecule has 0 amide bonds. The minimum Gasteiger partial charge on any atom is -0.394 e. The lowest BCUT2D eigenvalue weighted by Gasteiger charge is -2.39. The molecule has 3 saturated heterocycles. The Hall–Kier alpha value is -7.26. The molecule has 12 rings (SSSR count). The van der Waals surface area contributed by atoms with Crippen molar-refractivity contribution in [2.45, 2.75) is 81.3 Å². The number of thioether (sulfide) groups is 2. The van der Waals surface area contributed by atoms with Crippen molar-refractivity contribution < 1.29 is 129 Å². The van der Waals surface area contributed by atoms with Gasteiger partial charge in [0, 0.05) is 69.6 Å². The molecule has 15 nitrogen and oxygen atoms in total. The summed E-state index contributed by atoms with van der Waals surface area (Å²) in [7, 11) is 0. The fourth-order valence-corrected chi connectivity index (χ4v) is 14.0. The van der Waals surface area contributed by atoms with Crippen molar-refractivity contribution in [1.29, 1.82) is 0 Å². The van der Waals surface area contributed by atoms with E-state index >= 15 is 70.2 Å². The predicted octanol–water partition coefficient (Wildman–Crippen LogP) is 8.80. The molecular formula is C58H37F18N5O10S2. The lowest BCUT2D eigenvalue weighted by molar-refractivity contribution is -0.205. The van der Waals surface area contributed by atoms with Crippen LogP contribution in [0.3, 0.4) is 0 Å². The van der Waals surface area contributed by atoms with E-state index in [1.165, 1.54) is 0 Å². The van der Waals surface area contributed by atoms with Gasteiger partial charge in [0.25, 0.3) is 0 Å². The second-order valence-corrected chi connectivity index (χ2v) is 23.7. The van der Waals surface area contributed by atoms with Crippen molar-refractivity contribution in [2.24, 2.45) is 0 Å². The predicted molar refractivity (Wildman–Crippen MR) is 289 cm³/mol. The van der Waals surface area contributed by atoms with Crippen molar-refractivity contribution in [3.05, 3.63) is 151 Å². The number of aromatic amines is 2. The minimum atomic E-state index is -2.75. The number of aliphatic hydroxyl groups is 8. The molecule has 8 bridgehead atoms. The molecule has 3 fully saturated rings. The quantitative estimate of drug-likeness (QED) is 0.0348. The standard InChI is InChI=1S/C58H37F18N5O10S2/c59-29-25(30(60)38(68)41(71)37(29)67)21-13-1-2-14(78-13)22(26-33(63)43(73)55(44(74)34(26)64)92-57-53(88)51(86)49(84)19(9-82)90-57)16-4-5-17(80-16)23(27-31(61)39(69)42(72)40(70)32(27)62)47-11-7-77-8-12(11)48(81-47)24(18-6-3-15(21)79-18)28-35(65)45(75)56(46(76)36(28)66)93-58-54(89)52(87)50(85)20(10-83)91-58/h1-6,11-12,19-20,49-54,57-58,77-78,81-89H,7-10H2/t11?,12?,19-,20-,49-,50-,51+,52+,53-,54-,57+,58+/m1/s1. The molecule has 0 aliphatic carbocycles. The Morgan fingerprint density at radius 2 is 0.634 bits per heavy atom. The lowest BCUT2D eigenvalue weighted by Crippen LogP contribution is -2.57. The number of halogens is 18. The van der Waals surface area contributed by atoms with Gasteiger partial charge in [-0.15, -0.1) is 0 Å². The van der Waals surface area contributed by atoms with Gasteiger partial charge < -0.3 is 65.6 Å². The van der Waals surface area contributed by atoms with E-state index < -0.39 is 302 Å². The van der Waals surface area contributed by atoms with Crippen LogP contribution in [0.1, 0.15) is 46.0 Å². The summed E-state index contributed by atoms with van der Waals surface area (Å²) in [6.07, 6.45) is -14.0. The lowest BCUT2D eigenvalue weighted by atomic mass is 9.86. The van der Waals surface area contributed by atoms with E-state index in [4.69, 9.17) is 9.47 Å². The summed E-state index contributed by atoms with van der Waals surface area (Å²) in [4.78, 5) is 9.98. The van der Waals surface area contributed by atoms with Crippen LogP contribution in [-0.2, 0) is 9.47 Å². The van der Waals surface area contributed by atoms with Gasteiger partial charge in [-0.2, -0.15) is 0 Å². The van der Waals surface area contributed by atoms with Gasteiger partial charge in [-0.05, 0) is 36.4 Å². The van der Waals surface area contributed by atoms with Crippen LogP contribution < -0.4 is 5.32 Å². The van der Waals surface area contributed by atoms with Crippen molar-refractivity contribution in [3.63, 3.8) is 0 Å². The summed E-state index contributed by atoms with van der Waals surface area (Å²) >= 11 is -0.655. The summed E-state index contributed by atoms with van der Waals surface area (Å²) in [6, 6.07) is 1.29. The zero-order valence-electron chi connectivity index (χ0n) is 45.6. The first-order valence-corrected chi connectivity index (χ1v) is 28.7. The highest BCUT2D eigenvalue weighted by Crippen LogP contribution is 2.52. The number of aromatic nitrogens is 4. The summed E-state index contributed by atoms with van der Waals surface area (Å²) in [6.45, 7) is -3.19. The van der Waals surface area contributed by atoms with Crippen LogP contribution in [0.2, 0.25) is 0 Å². The molecule has 6 aromatic rings. The maximum atomic E-state index is 17.4. The number of hydrogen-bond donors (Lipinski definition) is 11. The maximum absolute atomic E-state index is 17.4. The molecule has 93 heavy (non-hydrogen) atoms. The topological polar surface area (TPSA) is 250 Å². The van der Waals surface area contributed by atoms with Gasteiger partial charge in [0.15, 0.2) is 93.1 Å².